The van der Waals surface area contributed by atoms with Gasteiger partial charge in [0.2, 0.25) is 0 Å². The summed E-state index contributed by atoms with van der Waals surface area (Å²) in [4.78, 5) is 0. The van der Waals surface area contributed by atoms with E-state index in [0.717, 1.165) is 30.8 Å². The molecule has 18 heavy (non-hydrogen) atoms. The molecule has 0 aliphatic rings. The number of nitrogens with one attached hydrogen (secondary N) is 1. The fourth-order valence-corrected chi connectivity index (χ4v) is 1.94. The van der Waals surface area contributed by atoms with Gasteiger partial charge in [-0.25, -0.2) is 0 Å². The Morgan fingerprint density at radius 1 is 0.944 bits per heavy atom. The second-order valence-electron chi connectivity index (χ2n) is 4.43. The number of nitrogen functional groups attached to an aromatic ring is 1. The van der Waals surface area contributed by atoms with Crippen LogP contribution in [0.5, 0.6) is 0 Å². The van der Waals surface area contributed by atoms with Crippen molar-refractivity contribution in [1.29, 1.82) is 0 Å². The summed E-state index contributed by atoms with van der Waals surface area (Å²) in [6.07, 6.45) is 2.11. The summed E-state index contributed by atoms with van der Waals surface area (Å²) < 4.78 is 0. The van der Waals surface area contributed by atoms with E-state index in [2.05, 4.69) is 36.5 Å². The molecule has 0 atom stereocenters. The number of anilines is 2. The predicted octanol–water partition coefficient (Wildman–Crippen LogP) is 3.49. The van der Waals surface area contributed by atoms with Gasteiger partial charge in [-0.15, -0.1) is 0 Å². The van der Waals surface area contributed by atoms with Crippen molar-refractivity contribution in [1.82, 2.24) is 0 Å². The maximum atomic E-state index is 5.88. The zero-order chi connectivity index (χ0) is 12.8. The minimum absolute atomic E-state index is 0.804. The molecular weight excluding hydrogens is 220 g/mol. The Hall–Kier alpha value is -1.96. The normalized spacial score (nSPS) is 10.3. The number of rotatable bonds is 5. The number of hydrogen-bond donors (Lipinski definition) is 2. The highest BCUT2D eigenvalue weighted by atomic mass is 14.9. The van der Waals surface area contributed by atoms with E-state index >= 15 is 0 Å². The maximum absolute atomic E-state index is 5.88. The van der Waals surface area contributed by atoms with Crippen LogP contribution >= 0.6 is 0 Å². The summed E-state index contributed by atoms with van der Waals surface area (Å²) in [7, 11) is 0. The van der Waals surface area contributed by atoms with E-state index in [9.17, 15) is 0 Å². The van der Waals surface area contributed by atoms with Crippen molar-refractivity contribution in [2.75, 3.05) is 17.6 Å². The van der Waals surface area contributed by atoms with Crippen LogP contribution in [0.2, 0.25) is 0 Å². The minimum Gasteiger partial charge on any atom is -0.397 e. The zero-order valence-electron chi connectivity index (χ0n) is 10.8. The van der Waals surface area contributed by atoms with E-state index in [1.165, 1.54) is 11.1 Å². The third kappa shape index (κ3) is 3.27. The lowest BCUT2D eigenvalue weighted by molar-refractivity contribution is 1.01. The second kappa shape index (κ2) is 6.10. The molecule has 94 valence electrons. The number of aryl methyl sites for hydroxylation is 1. The summed E-state index contributed by atoms with van der Waals surface area (Å²) in [5, 5.41) is 3.37. The first kappa shape index (κ1) is 12.5. The van der Waals surface area contributed by atoms with Gasteiger partial charge in [-0.1, -0.05) is 43.3 Å². The highest BCUT2D eigenvalue weighted by Crippen LogP contribution is 2.16. The van der Waals surface area contributed by atoms with Crippen LogP contribution in [0, 0.1) is 0 Å². The summed E-state index contributed by atoms with van der Waals surface area (Å²) in [6.45, 7) is 3.08. The molecule has 0 heterocycles. The molecular formula is C16H20N2. The number of hydrogen-bond acceptors (Lipinski definition) is 2. The van der Waals surface area contributed by atoms with Crippen LogP contribution in [-0.2, 0) is 12.8 Å². The van der Waals surface area contributed by atoms with Gasteiger partial charge in [-0.3, -0.25) is 0 Å². The first-order valence-corrected chi connectivity index (χ1v) is 6.46. The van der Waals surface area contributed by atoms with Gasteiger partial charge in [0, 0.05) is 6.54 Å². The van der Waals surface area contributed by atoms with E-state index in [1.54, 1.807) is 0 Å². The van der Waals surface area contributed by atoms with Crippen molar-refractivity contribution in [2.45, 2.75) is 19.8 Å². The average molecular weight is 240 g/mol. The van der Waals surface area contributed by atoms with Crippen molar-refractivity contribution in [2.24, 2.45) is 0 Å². The average Bonchev–Trinajstić information content (AvgIpc) is 2.42. The van der Waals surface area contributed by atoms with E-state index in [-0.39, 0.29) is 0 Å². The topological polar surface area (TPSA) is 38.0 Å². The van der Waals surface area contributed by atoms with Crippen LogP contribution in [0.4, 0.5) is 11.4 Å². The fourth-order valence-electron chi connectivity index (χ4n) is 1.94. The molecule has 2 nitrogen and oxygen atoms in total. The molecule has 0 unspecified atom stereocenters. The molecule has 3 N–H and O–H groups in total. The summed E-state index contributed by atoms with van der Waals surface area (Å²) in [5.41, 5.74) is 10.4. The SMILES string of the molecule is CCc1ccc(CCNc2ccccc2N)cc1. The van der Waals surface area contributed by atoms with Gasteiger partial charge < -0.3 is 11.1 Å². The van der Waals surface area contributed by atoms with E-state index in [1.807, 2.05) is 24.3 Å². The van der Waals surface area contributed by atoms with E-state index < -0.39 is 0 Å². The largest absolute Gasteiger partial charge is 0.397 e. The van der Waals surface area contributed by atoms with Crippen molar-refractivity contribution in [3.8, 4) is 0 Å². The van der Waals surface area contributed by atoms with Crippen LogP contribution in [0.1, 0.15) is 18.1 Å². The fraction of sp³-hybridized carbons (Fsp3) is 0.250. The molecule has 0 saturated heterocycles. The quantitative estimate of drug-likeness (QED) is 0.785. The summed E-state index contributed by atoms with van der Waals surface area (Å²) in [6, 6.07) is 16.7. The minimum atomic E-state index is 0.804. The Labute approximate surface area is 109 Å². The molecule has 2 heteroatoms. The molecule has 0 fully saturated rings. The first-order valence-electron chi connectivity index (χ1n) is 6.46. The highest BCUT2D eigenvalue weighted by molar-refractivity contribution is 5.65. The molecule has 0 aliphatic heterocycles. The van der Waals surface area contributed by atoms with Crippen LogP contribution in [0.15, 0.2) is 48.5 Å². The van der Waals surface area contributed by atoms with Gasteiger partial charge in [0.25, 0.3) is 0 Å². The number of para-hydroxylation sites is 2. The summed E-state index contributed by atoms with van der Waals surface area (Å²) >= 11 is 0. The van der Waals surface area contributed by atoms with Crippen molar-refractivity contribution >= 4 is 11.4 Å². The molecule has 2 aromatic carbocycles. The predicted molar refractivity (Wildman–Crippen MR) is 78.9 cm³/mol. The van der Waals surface area contributed by atoms with Crippen LogP contribution in [-0.4, -0.2) is 6.54 Å². The van der Waals surface area contributed by atoms with Gasteiger partial charge in [-0.2, -0.15) is 0 Å². The maximum Gasteiger partial charge on any atom is 0.0574 e. The Balaban J connectivity index is 1.86. The van der Waals surface area contributed by atoms with Crippen LogP contribution in [0.3, 0.4) is 0 Å². The molecule has 0 aromatic heterocycles. The molecule has 0 saturated carbocycles. The Morgan fingerprint density at radius 2 is 1.61 bits per heavy atom. The molecule has 0 amide bonds. The van der Waals surface area contributed by atoms with Gasteiger partial charge in [0.1, 0.15) is 0 Å². The Morgan fingerprint density at radius 3 is 2.28 bits per heavy atom. The first-order chi connectivity index (χ1) is 8.79. The standard InChI is InChI=1S/C16H20N2/c1-2-13-7-9-14(10-8-13)11-12-18-16-6-4-3-5-15(16)17/h3-10,18H,2,11-12,17H2,1H3. The van der Waals surface area contributed by atoms with E-state index in [4.69, 9.17) is 5.73 Å². The lowest BCUT2D eigenvalue weighted by atomic mass is 10.1. The third-order valence-electron chi connectivity index (χ3n) is 3.12. The van der Waals surface area contributed by atoms with Crippen LogP contribution in [0.25, 0.3) is 0 Å². The van der Waals surface area contributed by atoms with Crippen molar-refractivity contribution in [3.05, 3.63) is 59.7 Å². The van der Waals surface area contributed by atoms with Gasteiger partial charge >= 0.3 is 0 Å². The highest BCUT2D eigenvalue weighted by Gasteiger charge is 1.97. The Kier molecular flexibility index (Phi) is 4.24. The Bertz CT molecular complexity index is 489. The third-order valence-corrected chi connectivity index (χ3v) is 3.12. The smallest absolute Gasteiger partial charge is 0.0574 e. The van der Waals surface area contributed by atoms with Crippen LogP contribution < -0.4 is 11.1 Å². The molecule has 2 aromatic rings. The lowest BCUT2D eigenvalue weighted by Gasteiger charge is -2.09. The number of nitrogens with two attached hydrogens (primary N) is 1. The second-order valence-corrected chi connectivity index (χ2v) is 4.43. The summed E-state index contributed by atoms with van der Waals surface area (Å²) in [5.74, 6) is 0. The van der Waals surface area contributed by atoms with Crippen molar-refractivity contribution in [3.63, 3.8) is 0 Å². The molecule has 2 rings (SSSR count). The number of benzene rings is 2. The molecule has 0 spiro atoms. The lowest BCUT2D eigenvalue weighted by Crippen LogP contribution is -2.06. The van der Waals surface area contributed by atoms with Gasteiger partial charge in [-0.05, 0) is 36.1 Å². The van der Waals surface area contributed by atoms with Gasteiger partial charge in [0.15, 0.2) is 0 Å². The van der Waals surface area contributed by atoms with Gasteiger partial charge in [0.05, 0.1) is 11.4 Å². The molecule has 0 bridgehead atoms. The molecule has 0 radical (unpaired) electrons. The molecule has 0 aliphatic carbocycles. The van der Waals surface area contributed by atoms with Crippen molar-refractivity contribution < 1.29 is 0 Å². The van der Waals surface area contributed by atoms with E-state index in [0.29, 0.717) is 0 Å². The monoisotopic (exact) mass is 240 g/mol. The zero-order valence-corrected chi connectivity index (χ0v) is 10.8.